The molecule has 0 amide bonds. The van der Waals surface area contributed by atoms with Crippen LogP contribution in [0.2, 0.25) is 0 Å². The average Bonchev–Trinajstić information content (AvgIpc) is 1.85. The molecule has 1 nitrogen and oxygen atoms in total. The fraction of sp³-hybridized carbons (Fsp3) is 0.333. The highest BCUT2D eigenvalue weighted by molar-refractivity contribution is 9.10. The second kappa shape index (κ2) is 3.77. The predicted molar refractivity (Wildman–Crippen MR) is 52.5 cm³/mol. The number of nitrogen functional groups attached to an aromatic ring is 1. The summed E-state index contributed by atoms with van der Waals surface area (Å²) in [4.78, 5) is 0. The maximum atomic E-state index is 5.66. The van der Waals surface area contributed by atoms with Crippen LogP contribution in [0.4, 0.5) is 5.69 Å². The molecule has 60 valence electrons. The third-order valence-corrected chi connectivity index (χ3v) is 1.98. The fourth-order valence-electron chi connectivity index (χ4n) is 1.11. The van der Waals surface area contributed by atoms with Crippen molar-refractivity contribution < 1.29 is 0 Å². The van der Waals surface area contributed by atoms with Gasteiger partial charge in [0.15, 0.2) is 0 Å². The largest absolute Gasteiger partial charge is 0.399 e. The molecule has 0 spiro atoms. The molecule has 0 heterocycles. The number of anilines is 1. The van der Waals surface area contributed by atoms with Crippen molar-refractivity contribution in [3.05, 3.63) is 28.2 Å². The van der Waals surface area contributed by atoms with Crippen molar-refractivity contribution >= 4 is 21.6 Å². The van der Waals surface area contributed by atoms with Crippen LogP contribution in [0.1, 0.15) is 18.9 Å². The van der Waals surface area contributed by atoms with Crippen LogP contribution in [-0.2, 0) is 6.42 Å². The highest BCUT2D eigenvalue weighted by Crippen LogP contribution is 2.17. The highest BCUT2D eigenvalue weighted by atomic mass is 79.9. The molecule has 11 heavy (non-hydrogen) atoms. The van der Waals surface area contributed by atoms with E-state index >= 15 is 0 Å². The van der Waals surface area contributed by atoms with Gasteiger partial charge >= 0.3 is 0 Å². The van der Waals surface area contributed by atoms with E-state index in [1.54, 1.807) is 0 Å². The molecule has 0 aliphatic carbocycles. The molecule has 1 aromatic carbocycles. The summed E-state index contributed by atoms with van der Waals surface area (Å²) >= 11 is 3.40. The number of hydrogen-bond donors (Lipinski definition) is 1. The van der Waals surface area contributed by atoms with Gasteiger partial charge in [-0.3, -0.25) is 0 Å². The van der Waals surface area contributed by atoms with Crippen LogP contribution in [-0.4, -0.2) is 0 Å². The average molecular weight is 214 g/mol. The summed E-state index contributed by atoms with van der Waals surface area (Å²) in [6.07, 6.45) is 2.26. The Balaban J connectivity index is 2.89. The van der Waals surface area contributed by atoms with E-state index in [0.717, 1.165) is 23.0 Å². The molecule has 0 aromatic heterocycles. The lowest BCUT2D eigenvalue weighted by Gasteiger charge is -2.01. The first-order valence-electron chi connectivity index (χ1n) is 3.77. The zero-order valence-electron chi connectivity index (χ0n) is 6.60. The summed E-state index contributed by atoms with van der Waals surface area (Å²) in [7, 11) is 0. The Morgan fingerprint density at radius 3 is 2.64 bits per heavy atom. The van der Waals surface area contributed by atoms with Gasteiger partial charge in [-0.1, -0.05) is 29.3 Å². The van der Waals surface area contributed by atoms with Gasteiger partial charge < -0.3 is 5.73 Å². The number of benzene rings is 1. The van der Waals surface area contributed by atoms with E-state index in [-0.39, 0.29) is 0 Å². The first kappa shape index (κ1) is 8.60. The van der Waals surface area contributed by atoms with Gasteiger partial charge in [0.2, 0.25) is 0 Å². The van der Waals surface area contributed by atoms with Crippen molar-refractivity contribution in [2.45, 2.75) is 19.8 Å². The number of aryl methyl sites for hydroxylation is 1. The van der Waals surface area contributed by atoms with Crippen molar-refractivity contribution in [1.29, 1.82) is 0 Å². The Morgan fingerprint density at radius 2 is 2.09 bits per heavy atom. The second-order valence-corrected chi connectivity index (χ2v) is 3.56. The SMILES string of the molecule is CCCc1cc(N)cc(Br)c1. The summed E-state index contributed by atoms with van der Waals surface area (Å²) in [5, 5.41) is 0. The van der Waals surface area contributed by atoms with Crippen LogP contribution in [0.25, 0.3) is 0 Å². The van der Waals surface area contributed by atoms with E-state index in [2.05, 4.69) is 28.9 Å². The predicted octanol–water partition coefficient (Wildman–Crippen LogP) is 2.98. The topological polar surface area (TPSA) is 26.0 Å². The molecule has 0 radical (unpaired) electrons. The number of rotatable bonds is 2. The minimum atomic E-state index is 0.836. The summed E-state index contributed by atoms with van der Waals surface area (Å²) in [6, 6.07) is 6.05. The summed E-state index contributed by atoms with van der Waals surface area (Å²) < 4.78 is 1.07. The van der Waals surface area contributed by atoms with Crippen molar-refractivity contribution in [1.82, 2.24) is 0 Å². The quantitative estimate of drug-likeness (QED) is 0.752. The molecule has 0 bridgehead atoms. The van der Waals surface area contributed by atoms with Gasteiger partial charge in [0.05, 0.1) is 0 Å². The lowest BCUT2D eigenvalue weighted by molar-refractivity contribution is 0.921. The Hall–Kier alpha value is -0.500. The molecule has 0 aliphatic rings. The van der Waals surface area contributed by atoms with Crippen LogP contribution in [0.5, 0.6) is 0 Å². The molecule has 1 aromatic rings. The first-order chi connectivity index (χ1) is 5.22. The standard InChI is InChI=1S/C9H12BrN/c1-2-3-7-4-8(10)6-9(11)5-7/h4-6H,2-3,11H2,1H3. The normalized spacial score (nSPS) is 10.0. The van der Waals surface area contributed by atoms with Crippen LogP contribution in [0.15, 0.2) is 22.7 Å². The maximum absolute atomic E-state index is 5.66. The molecule has 0 unspecified atom stereocenters. The molecule has 2 N–H and O–H groups in total. The van der Waals surface area contributed by atoms with Crippen LogP contribution in [0, 0.1) is 0 Å². The van der Waals surface area contributed by atoms with Crippen molar-refractivity contribution in [3.63, 3.8) is 0 Å². The molecular formula is C9H12BrN. The number of hydrogen-bond acceptors (Lipinski definition) is 1. The summed E-state index contributed by atoms with van der Waals surface area (Å²) in [5.74, 6) is 0. The van der Waals surface area contributed by atoms with Gasteiger partial charge in [-0.05, 0) is 30.2 Å². The van der Waals surface area contributed by atoms with Crippen molar-refractivity contribution in [2.75, 3.05) is 5.73 Å². The van der Waals surface area contributed by atoms with Crippen LogP contribution < -0.4 is 5.73 Å². The van der Waals surface area contributed by atoms with E-state index in [0.29, 0.717) is 0 Å². The molecule has 0 saturated heterocycles. The van der Waals surface area contributed by atoms with E-state index in [1.807, 2.05) is 12.1 Å². The van der Waals surface area contributed by atoms with Crippen LogP contribution >= 0.6 is 15.9 Å². The Bertz CT molecular complexity index is 225. The maximum Gasteiger partial charge on any atom is 0.0328 e. The molecule has 0 fully saturated rings. The monoisotopic (exact) mass is 213 g/mol. The van der Waals surface area contributed by atoms with Crippen molar-refractivity contribution in [3.8, 4) is 0 Å². The van der Waals surface area contributed by atoms with E-state index in [9.17, 15) is 0 Å². The van der Waals surface area contributed by atoms with E-state index in [4.69, 9.17) is 5.73 Å². The zero-order chi connectivity index (χ0) is 8.27. The minimum absolute atomic E-state index is 0.836. The summed E-state index contributed by atoms with van der Waals surface area (Å²) in [6.45, 7) is 2.16. The molecule has 2 heteroatoms. The highest BCUT2D eigenvalue weighted by Gasteiger charge is 1.94. The first-order valence-corrected chi connectivity index (χ1v) is 4.56. The molecule has 1 rings (SSSR count). The lowest BCUT2D eigenvalue weighted by Crippen LogP contribution is -1.88. The molecule has 0 atom stereocenters. The summed E-state index contributed by atoms with van der Waals surface area (Å²) in [5.41, 5.74) is 7.80. The Labute approximate surface area is 75.7 Å². The number of halogens is 1. The fourth-order valence-corrected chi connectivity index (χ4v) is 1.67. The number of nitrogens with two attached hydrogens (primary N) is 1. The van der Waals surface area contributed by atoms with Gasteiger partial charge in [0, 0.05) is 10.2 Å². The van der Waals surface area contributed by atoms with Crippen LogP contribution in [0.3, 0.4) is 0 Å². The smallest absolute Gasteiger partial charge is 0.0328 e. The third kappa shape index (κ3) is 2.54. The minimum Gasteiger partial charge on any atom is -0.399 e. The van der Waals surface area contributed by atoms with Gasteiger partial charge in [-0.25, -0.2) is 0 Å². The van der Waals surface area contributed by atoms with E-state index < -0.39 is 0 Å². The lowest BCUT2D eigenvalue weighted by atomic mass is 10.1. The molecule has 0 saturated carbocycles. The molecular weight excluding hydrogens is 202 g/mol. The third-order valence-electron chi connectivity index (χ3n) is 1.52. The molecule has 0 aliphatic heterocycles. The Kier molecular flexibility index (Phi) is 2.94. The van der Waals surface area contributed by atoms with Gasteiger partial charge in [0.1, 0.15) is 0 Å². The van der Waals surface area contributed by atoms with Gasteiger partial charge in [-0.2, -0.15) is 0 Å². The van der Waals surface area contributed by atoms with Gasteiger partial charge in [0.25, 0.3) is 0 Å². The zero-order valence-corrected chi connectivity index (χ0v) is 8.19. The van der Waals surface area contributed by atoms with Crippen molar-refractivity contribution in [2.24, 2.45) is 0 Å². The van der Waals surface area contributed by atoms with Gasteiger partial charge in [-0.15, -0.1) is 0 Å². The Morgan fingerprint density at radius 1 is 1.36 bits per heavy atom. The second-order valence-electron chi connectivity index (χ2n) is 2.64. The van der Waals surface area contributed by atoms with E-state index in [1.165, 1.54) is 5.56 Å².